The van der Waals surface area contributed by atoms with Gasteiger partial charge in [0.1, 0.15) is 0 Å². The number of carbonyl (C=O) groups is 2. The average molecular weight is 356 g/mol. The number of amides is 2. The van der Waals surface area contributed by atoms with Crippen LogP contribution in [0.5, 0.6) is 11.5 Å². The SMILES string of the molecule is COc1ccc(C(=O)Nc2ccc(NC(C)=O)cc2)cc1OCC(C)C. The lowest BCUT2D eigenvalue weighted by Gasteiger charge is -2.14. The van der Waals surface area contributed by atoms with Gasteiger partial charge in [0.15, 0.2) is 11.5 Å². The fourth-order valence-corrected chi connectivity index (χ4v) is 2.23. The molecule has 0 saturated heterocycles. The van der Waals surface area contributed by atoms with E-state index < -0.39 is 0 Å². The quantitative estimate of drug-likeness (QED) is 0.788. The summed E-state index contributed by atoms with van der Waals surface area (Å²) in [5, 5.41) is 5.50. The third-order valence-electron chi connectivity index (χ3n) is 3.46. The molecule has 2 aromatic rings. The Labute approximate surface area is 153 Å². The fourth-order valence-electron chi connectivity index (χ4n) is 2.23. The van der Waals surface area contributed by atoms with Crippen molar-refractivity contribution in [1.82, 2.24) is 0 Å². The Morgan fingerprint density at radius 2 is 1.58 bits per heavy atom. The van der Waals surface area contributed by atoms with Crippen LogP contribution < -0.4 is 20.1 Å². The highest BCUT2D eigenvalue weighted by Crippen LogP contribution is 2.29. The second kappa shape index (κ2) is 8.89. The number of ether oxygens (including phenoxy) is 2. The summed E-state index contributed by atoms with van der Waals surface area (Å²) in [6.07, 6.45) is 0. The number of carbonyl (C=O) groups excluding carboxylic acids is 2. The summed E-state index contributed by atoms with van der Waals surface area (Å²) in [6, 6.07) is 12.0. The Kier molecular flexibility index (Phi) is 6.60. The van der Waals surface area contributed by atoms with Crippen molar-refractivity contribution in [1.29, 1.82) is 0 Å². The third-order valence-corrected chi connectivity index (χ3v) is 3.46. The van der Waals surface area contributed by atoms with Gasteiger partial charge < -0.3 is 20.1 Å². The van der Waals surface area contributed by atoms with Gasteiger partial charge in [-0.15, -0.1) is 0 Å². The largest absolute Gasteiger partial charge is 0.493 e. The van der Waals surface area contributed by atoms with E-state index in [4.69, 9.17) is 9.47 Å². The molecule has 2 aromatic carbocycles. The molecule has 6 nitrogen and oxygen atoms in total. The molecule has 0 bridgehead atoms. The topological polar surface area (TPSA) is 76.7 Å². The zero-order valence-electron chi connectivity index (χ0n) is 15.5. The standard InChI is InChI=1S/C20H24N2O4/c1-13(2)12-26-19-11-15(5-10-18(19)25-4)20(24)22-17-8-6-16(7-9-17)21-14(3)23/h5-11,13H,12H2,1-4H3,(H,21,23)(H,22,24). The Hall–Kier alpha value is -3.02. The molecule has 0 radical (unpaired) electrons. The Morgan fingerprint density at radius 1 is 0.962 bits per heavy atom. The number of nitrogens with one attached hydrogen (secondary N) is 2. The molecule has 0 unspecified atom stereocenters. The van der Waals surface area contributed by atoms with Gasteiger partial charge in [0.2, 0.25) is 5.91 Å². The summed E-state index contributed by atoms with van der Waals surface area (Å²) in [7, 11) is 1.56. The van der Waals surface area contributed by atoms with Crippen LogP contribution in [0.25, 0.3) is 0 Å². The van der Waals surface area contributed by atoms with Crippen molar-refractivity contribution in [2.45, 2.75) is 20.8 Å². The minimum atomic E-state index is -0.255. The van der Waals surface area contributed by atoms with Crippen molar-refractivity contribution in [2.24, 2.45) is 5.92 Å². The Morgan fingerprint density at radius 3 is 2.12 bits per heavy atom. The second-order valence-electron chi connectivity index (χ2n) is 6.28. The minimum absolute atomic E-state index is 0.144. The van der Waals surface area contributed by atoms with E-state index in [1.54, 1.807) is 49.6 Å². The van der Waals surface area contributed by atoms with Crippen LogP contribution in [0.2, 0.25) is 0 Å². The van der Waals surface area contributed by atoms with Gasteiger partial charge in [0, 0.05) is 23.9 Å². The lowest BCUT2D eigenvalue weighted by atomic mass is 10.1. The summed E-state index contributed by atoms with van der Waals surface area (Å²) in [4.78, 5) is 23.5. The number of hydrogen-bond acceptors (Lipinski definition) is 4. The van der Waals surface area contributed by atoms with Crippen LogP contribution in [0.4, 0.5) is 11.4 Å². The van der Waals surface area contributed by atoms with E-state index in [2.05, 4.69) is 10.6 Å². The van der Waals surface area contributed by atoms with Crippen LogP contribution in [0.3, 0.4) is 0 Å². The van der Waals surface area contributed by atoms with Gasteiger partial charge in [-0.05, 0) is 48.4 Å². The van der Waals surface area contributed by atoms with Crippen LogP contribution in [0.15, 0.2) is 42.5 Å². The number of anilines is 2. The molecule has 0 aromatic heterocycles. The molecule has 26 heavy (non-hydrogen) atoms. The first-order chi connectivity index (χ1) is 12.4. The number of hydrogen-bond donors (Lipinski definition) is 2. The lowest BCUT2D eigenvalue weighted by molar-refractivity contribution is -0.114. The fraction of sp³-hybridized carbons (Fsp3) is 0.300. The first kappa shape index (κ1) is 19.3. The molecular weight excluding hydrogens is 332 g/mol. The number of benzene rings is 2. The summed E-state index contributed by atoms with van der Waals surface area (Å²) in [5.74, 6) is 1.08. The maximum absolute atomic E-state index is 12.5. The van der Waals surface area contributed by atoms with Crippen molar-refractivity contribution in [3.8, 4) is 11.5 Å². The molecule has 0 saturated carbocycles. The van der Waals surface area contributed by atoms with Crippen molar-refractivity contribution in [3.05, 3.63) is 48.0 Å². The van der Waals surface area contributed by atoms with Crippen molar-refractivity contribution >= 4 is 23.2 Å². The van der Waals surface area contributed by atoms with Crippen LogP contribution in [-0.2, 0) is 4.79 Å². The van der Waals surface area contributed by atoms with E-state index >= 15 is 0 Å². The normalized spacial score (nSPS) is 10.3. The summed E-state index contributed by atoms with van der Waals surface area (Å²) in [5.41, 5.74) is 1.77. The van der Waals surface area contributed by atoms with E-state index in [-0.39, 0.29) is 11.8 Å². The Balaban J connectivity index is 2.11. The smallest absolute Gasteiger partial charge is 0.255 e. The van der Waals surface area contributed by atoms with Gasteiger partial charge in [-0.3, -0.25) is 9.59 Å². The molecule has 0 spiro atoms. The molecule has 0 aliphatic rings. The van der Waals surface area contributed by atoms with E-state index in [9.17, 15) is 9.59 Å². The Bertz CT molecular complexity index is 770. The van der Waals surface area contributed by atoms with Crippen molar-refractivity contribution in [2.75, 3.05) is 24.4 Å². The highest BCUT2D eigenvalue weighted by molar-refractivity contribution is 6.04. The number of rotatable bonds is 7. The molecule has 0 heterocycles. The van der Waals surface area contributed by atoms with Gasteiger partial charge in [0.25, 0.3) is 5.91 Å². The van der Waals surface area contributed by atoms with Crippen LogP contribution in [0, 0.1) is 5.92 Å². The molecule has 2 rings (SSSR count). The lowest BCUT2D eigenvalue weighted by Crippen LogP contribution is -2.13. The summed E-state index contributed by atoms with van der Waals surface area (Å²) >= 11 is 0. The molecule has 138 valence electrons. The van der Waals surface area contributed by atoms with Gasteiger partial charge >= 0.3 is 0 Å². The van der Waals surface area contributed by atoms with Gasteiger partial charge in [-0.25, -0.2) is 0 Å². The second-order valence-corrected chi connectivity index (χ2v) is 6.28. The van der Waals surface area contributed by atoms with Crippen LogP contribution in [-0.4, -0.2) is 25.5 Å². The minimum Gasteiger partial charge on any atom is -0.493 e. The first-order valence-corrected chi connectivity index (χ1v) is 8.39. The molecular formula is C20H24N2O4. The predicted molar refractivity (Wildman–Crippen MR) is 102 cm³/mol. The maximum atomic E-state index is 12.5. The number of methoxy groups -OCH3 is 1. The highest BCUT2D eigenvalue weighted by Gasteiger charge is 2.12. The summed E-state index contributed by atoms with van der Waals surface area (Å²) < 4.78 is 11.0. The van der Waals surface area contributed by atoms with E-state index in [0.29, 0.717) is 41.0 Å². The van der Waals surface area contributed by atoms with Crippen LogP contribution >= 0.6 is 0 Å². The highest BCUT2D eigenvalue weighted by atomic mass is 16.5. The van der Waals surface area contributed by atoms with Gasteiger partial charge in [-0.2, -0.15) is 0 Å². The summed E-state index contributed by atoms with van der Waals surface area (Å²) in [6.45, 7) is 6.08. The predicted octanol–water partition coefficient (Wildman–Crippen LogP) is 3.94. The molecule has 0 aliphatic heterocycles. The molecule has 2 N–H and O–H groups in total. The third kappa shape index (κ3) is 5.51. The van der Waals surface area contributed by atoms with E-state index in [1.165, 1.54) is 6.92 Å². The molecule has 2 amide bonds. The van der Waals surface area contributed by atoms with Crippen molar-refractivity contribution in [3.63, 3.8) is 0 Å². The average Bonchev–Trinajstić information content (AvgIpc) is 2.60. The maximum Gasteiger partial charge on any atom is 0.255 e. The van der Waals surface area contributed by atoms with Gasteiger partial charge in [0.05, 0.1) is 13.7 Å². The van der Waals surface area contributed by atoms with E-state index in [1.807, 2.05) is 13.8 Å². The molecule has 6 heteroatoms. The molecule has 0 fully saturated rings. The molecule has 0 atom stereocenters. The first-order valence-electron chi connectivity index (χ1n) is 8.39. The van der Waals surface area contributed by atoms with Crippen molar-refractivity contribution < 1.29 is 19.1 Å². The molecule has 0 aliphatic carbocycles. The van der Waals surface area contributed by atoms with Gasteiger partial charge in [-0.1, -0.05) is 13.8 Å². The van der Waals surface area contributed by atoms with Crippen LogP contribution in [0.1, 0.15) is 31.1 Å². The monoisotopic (exact) mass is 356 g/mol. The zero-order chi connectivity index (χ0) is 19.1. The van der Waals surface area contributed by atoms with E-state index in [0.717, 1.165) is 0 Å². The zero-order valence-corrected chi connectivity index (χ0v) is 15.5.